The largest absolute Gasteiger partial charge is 0.496 e. The molecular weight excluding hydrogens is 396 g/mol. The van der Waals surface area contributed by atoms with Gasteiger partial charge in [0, 0.05) is 18.8 Å². The number of carbonyl (C=O) groups is 2. The summed E-state index contributed by atoms with van der Waals surface area (Å²) < 4.78 is 36.6. The first-order chi connectivity index (χ1) is 13.8. The van der Waals surface area contributed by atoms with E-state index in [0.29, 0.717) is 18.8 Å². The van der Waals surface area contributed by atoms with E-state index in [1.54, 1.807) is 38.1 Å². The second kappa shape index (κ2) is 10.0. The summed E-state index contributed by atoms with van der Waals surface area (Å²) >= 11 is 0. The number of anilines is 1. The van der Waals surface area contributed by atoms with Gasteiger partial charge in [0.25, 0.3) is 5.91 Å². The average Bonchev–Trinajstić information content (AvgIpc) is 2.72. The predicted molar refractivity (Wildman–Crippen MR) is 108 cm³/mol. The fourth-order valence-electron chi connectivity index (χ4n) is 2.67. The molecule has 9 heteroatoms. The molecule has 0 fully saturated rings. The molecule has 1 N–H and O–H groups in total. The Balaban J connectivity index is 2.04. The van der Waals surface area contributed by atoms with Crippen LogP contribution in [0.5, 0.6) is 5.75 Å². The summed E-state index contributed by atoms with van der Waals surface area (Å²) in [6, 6.07) is 12.4. The monoisotopic (exact) mass is 420 g/mol. The standard InChI is InChI=1S/C20H24N2O6S/c1-4-22(5-2)29(25,26)16-10-8-9-15(13-16)21-19(23)14-28-20(24)17-11-6-7-12-18(17)27-3/h6-13H,4-5,14H2,1-3H3,(H,21,23). The molecule has 0 aliphatic heterocycles. The molecule has 0 unspecified atom stereocenters. The van der Waals surface area contributed by atoms with Crippen LogP contribution in [0.15, 0.2) is 53.4 Å². The van der Waals surface area contributed by atoms with Gasteiger partial charge in [-0.25, -0.2) is 13.2 Å². The van der Waals surface area contributed by atoms with Gasteiger partial charge >= 0.3 is 5.97 Å². The lowest BCUT2D eigenvalue weighted by molar-refractivity contribution is -0.119. The Hall–Kier alpha value is -2.91. The van der Waals surface area contributed by atoms with Gasteiger partial charge in [0.05, 0.1) is 12.0 Å². The molecule has 0 aliphatic carbocycles. The molecule has 29 heavy (non-hydrogen) atoms. The van der Waals surface area contributed by atoms with Crippen LogP contribution in [0.4, 0.5) is 5.69 Å². The lowest BCUT2D eigenvalue weighted by Crippen LogP contribution is -2.30. The third-order valence-corrected chi connectivity index (χ3v) is 6.17. The van der Waals surface area contributed by atoms with Gasteiger partial charge in [0.1, 0.15) is 11.3 Å². The molecule has 0 spiro atoms. The van der Waals surface area contributed by atoms with E-state index < -0.39 is 28.5 Å². The Morgan fingerprint density at radius 1 is 1.03 bits per heavy atom. The number of amides is 1. The van der Waals surface area contributed by atoms with Crippen molar-refractivity contribution in [1.82, 2.24) is 4.31 Å². The maximum absolute atomic E-state index is 12.6. The fraction of sp³-hybridized carbons (Fsp3) is 0.300. The molecule has 0 radical (unpaired) electrons. The molecule has 2 rings (SSSR count). The van der Waals surface area contributed by atoms with Crippen molar-refractivity contribution in [3.63, 3.8) is 0 Å². The SMILES string of the molecule is CCN(CC)S(=O)(=O)c1cccc(NC(=O)COC(=O)c2ccccc2OC)c1. The molecule has 0 aromatic heterocycles. The quantitative estimate of drug-likeness (QED) is 0.626. The van der Waals surface area contributed by atoms with Crippen LogP contribution in [-0.4, -0.2) is 51.4 Å². The van der Waals surface area contributed by atoms with E-state index in [1.165, 1.54) is 35.7 Å². The Morgan fingerprint density at radius 3 is 2.38 bits per heavy atom. The van der Waals surface area contributed by atoms with Crippen LogP contribution in [0.25, 0.3) is 0 Å². The zero-order valence-corrected chi connectivity index (χ0v) is 17.4. The van der Waals surface area contributed by atoms with Gasteiger partial charge < -0.3 is 14.8 Å². The first-order valence-electron chi connectivity index (χ1n) is 9.03. The molecule has 0 saturated heterocycles. The predicted octanol–water partition coefficient (Wildman–Crippen LogP) is 2.52. The van der Waals surface area contributed by atoms with Crippen LogP contribution >= 0.6 is 0 Å². The maximum atomic E-state index is 12.6. The average molecular weight is 420 g/mol. The minimum absolute atomic E-state index is 0.0741. The number of nitrogens with zero attached hydrogens (tertiary/aromatic N) is 1. The fourth-order valence-corrected chi connectivity index (χ4v) is 4.17. The van der Waals surface area contributed by atoms with E-state index in [1.807, 2.05) is 0 Å². The van der Waals surface area contributed by atoms with E-state index in [9.17, 15) is 18.0 Å². The van der Waals surface area contributed by atoms with Crippen molar-refractivity contribution in [2.45, 2.75) is 18.7 Å². The number of para-hydroxylation sites is 1. The van der Waals surface area contributed by atoms with Gasteiger partial charge in [-0.15, -0.1) is 0 Å². The molecule has 0 atom stereocenters. The number of esters is 1. The van der Waals surface area contributed by atoms with Crippen LogP contribution in [-0.2, 0) is 19.6 Å². The molecule has 0 saturated carbocycles. The number of rotatable bonds is 9. The van der Waals surface area contributed by atoms with Crippen molar-refractivity contribution in [3.8, 4) is 5.75 Å². The Kier molecular flexibility index (Phi) is 7.74. The van der Waals surface area contributed by atoms with Gasteiger partial charge in [-0.2, -0.15) is 4.31 Å². The highest BCUT2D eigenvalue weighted by atomic mass is 32.2. The first-order valence-corrected chi connectivity index (χ1v) is 10.5. The second-order valence-electron chi connectivity index (χ2n) is 5.94. The third-order valence-electron chi connectivity index (χ3n) is 4.12. The number of methoxy groups -OCH3 is 1. The van der Waals surface area contributed by atoms with Crippen LogP contribution in [0.3, 0.4) is 0 Å². The number of ether oxygens (including phenoxy) is 2. The Labute approximate surface area is 170 Å². The summed E-state index contributed by atoms with van der Waals surface area (Å²) in [5, 5.41) is 2.53. The topological polar surface area (TPSA) is 102 Å². The zero-order valence-electron chi connectivity index (χ0n) is 16.5. The third kappa shape index (κ3) is 5.55. The number of hydrogen-bond acceptors (Lipinski definition) is 6. The van der Waals surface area contributed by atoms with Crippen LogP contribution in [0, 0.1) is 0 Å². The molecule has 2 aromatic carbocycles. The van der Waals surface area contributed by atoms with Crippen LogP contribution < -0.4 is 10.1 Å². The lowest BCUT2D eigenvalue weighted by Gasteiger charge is -2.18. The Morgan fingerprint density at radius 2 is 1.72 bits per heavy atom. The zero-order chi connectivity index (χ0) is 21.4. The first kappa shape index (κ1) is 22.4. The van der Waals surface area contributed by atoms with Crippen molar-refractivity contribution in [1.29, 1.82) is 0 Å². The number of nitrogens with one attached hydrogen (secondary N) is 1. The minimum atomic E-state index is -3.65. The van der Waals surface area contributed by atoms with Gasteiger partial charge in [0.15, 0.2) is 6.61 Å². The van der Waals surface area contributed by atoms with Crippen molar-refractivity contribution >= 4 is 27.6 Å². The van der Waals surface area contributed by atoms with Crippen LogP contribution in [0.2, 0.25) is 0 Å². The minimum Gasteiger partial charge on any atom is -0.496 e. The van der Waals surface area contributed by atoms with Gasteiger partial charge in [0.2, 0.25) is 10.0 Å². The molecule has 156 valence electrons. The second-order valence-corrected chi connectivity index (χ2v) is 7.88. The number of benzene rings is 2. The van der Waals surface area contributed by atoms with Gasteiger partial charge in [-0.3, -0.25) is 4.79 Å². The number of hydrogen-bond donors (Lipinski definition) is 1. The van der Waals surface area contributed by atoms with E-state index in [-0.39, 0.29) is 16.1 Å². The summed E-state index contributed by atoms with van der Waals surface area (Å²) in [6.07, 6.45) is 0. The van der Waals surface area contributed by atoms with E-state index >= 15 is 0 Å². The van der Waals surface area contributed by atoms with Crippen molar-refractivity contribution in [3.05, 3.63) is 54.1 Å². The Bertz CT molecular complexity index is 970. The molecule has 0 bridgehead atoms. The van der Waals surface area contributed by atoms with Crippen molar-refractivity contribution in [2.24, 2.45) is 0 Å². The summed E-state index contributed by atoms with van der Waals surface area (Å²) in [5.74, 6) is -0.951. The summed E-state index contributed by atoms with van der Waals surface area (Å²) in [4.78, 5) is 24.3. The highest BCUT2D eigenvalue weighted by molar-refractivity contribution is 7.89. The van der Waals surface area contributed by atoms with Crippen molar-refractivity contribution < 1.29 is 27.5 Å². The molecule has 2 aromatic rings. The highest BCUT2D eigenvalue weighted by Gasteiger charge is 2.22. The normalized spacial score (nSPS) is 11.2. The maximum Gasteiger partial charge on any atom is 0.342 e. The number of sulfonamides is 1. The molecule has 8 nitrogen and oxygen atoms in total. The highest BCUT2D eigenvalue weighted by Crippen LogP contribution is 2.20. The lowest BCUT2D eigenvalue weighted by atomic mass is 10.2. The molecular formula is C20H24N2O6S. The van der Waals surface area contributed by atoms with Gasteiger partial charge in [-0.05, 0) is 30.3 Å². The molecule has 0 heterocycles. The van der Waals surface area contributed by atoms with E-state index in [4.69, 9.17) is 9.47 Å². The van der Waals surface area contributed by atoms with Crippen LogP contribution in [0.1, 0.15) is 24.2 Å². The van der Waals surface area contributed by atoms with Gasteiger partial charge in [-0.1, -0.05) is 32.0 Å². The molecule has 0 aliphatic rings. The summed E-state index contributed by atoms with van der Waals surface area (Å²) in [5.41, 5.74) is 0.492. The smallest absolute Gasteiger partial charge is 0.342 e. The molecule has 1 amide bonds. The number of carbonyl (C=O) groups excluding carboxylic acids is 2. The summed E-state index contributed by atoms with van der Waals surface area (Å²) in [7, 11) is -2.22. The van der Waals surface area contributed by atoms with Crippen molar-refractivity contribution in [2.75, 3.05) is 32.1 Å². The van der Waals surface area contributed by atoms with E-state index in [2.05, 4.69) is 5.32 Å². The van der Waals surface area contributed by atoms with E-state index in [0.717, 1.165) is 0 Å². The summed E-state index contributed by atoms with van der Waals surface area (Å²) in [6.45, 7) is 3.66.